The number of fused-ring (bicyclic) bond motifs is 4. The molecule has 9 heteroatoms. The molecule has 3 heterocycles. The Labute approximate surface area is 172 Å². The number of hydrogen-bond acceptors (Lipinski definition) is 5. The number of carbonyl (C=O) groups excluding carboxylic acids is 4. The van der Waals surface area contributed by atoms with Gasteiger partial charge in [0.2, 0.25) is 17.4 Å². The third-order valence-corrected chi connectivity index (χ3v) is 6.68. The maximum atomic E-state index is 13.3. The maximum Gasteiger partial charge on any atom is 0.291 e. The number of nitrogens with two attached hydrogens (primary N) is 1. The summed E-state index contributed by atoms with van der Waals surface area (Å²) < 4.78 is 0. The summed E-state index contributed by atoms with van der Waals surface area (Å²) in [7, 11) is 0. The van der Waals surface area contributed by atoms with E-state index in [1.54, 1.807) is 23.5 Å². The number of para-hydroxylation sites is 1. The summed E-state index contributed by atoms with van der Waals surface area (Å²) in [5.74, 6) is -3.97. The molecule has 3 amide bonds. The van der Waals surface area contributed by atoms with Crippen LogP contribution in [0.5, 0.6) is 0 Å². The molecule has 3 aliphatic rings. The van der Waals surface area contributed by atoms with E-state index >= 15 is 0 Å². The highest BCUT2D eigenvalue weighted by molar-refractivity contribution is 6.35. The van der Waals surface area contributed by atoms with Crippen molar-refractivity contribution in [1.82, 2.24) is 4.90 Å². The summed E-state index contributed by atoms with van der Waals surface area (Å²) in [6.07, 6.45) is 1.37. The van der Waals surface area contributed by atoms with Gasteiger partial charge >= 0.3 is 0 Å². The number of aliphatic carboxylic acids is 1. The fourth-order valence-corrected chi connectivity index (χ4v) is 5.32. The number of likely N-dealkylation sites (tertiary alicyclic amines) is 1. The van der Waals surface area contributed by atoms with Crippen LogP contribution in [0.2, 0.25) is 5.02 Å². The van der Waals surface area contributed by atoms with Crippen molar-refractivity contribution in [3.05, 3.63) is 28.8 Å². The lowest BCUT2D eigenvalue weighted by Gasteiger charge is -2.26. The zero-order valence-electron chi connectivity index (χ0n) is 15.9. The van der Waals surface area contributed by atoms with E-state index in [4.69, 9.17) is 11.6 Å². The average Bonchev–Trinajstić information content (AvgIpc) is 3.25. The Bertz CT molecular complexity index is 919. The van der Waals surface area contributed by atoms with Crippen LogP contribution in [0.3, 0.4) is 0 Å². The van der Waals surface area contributed by atoms with E-state index in [2.05, 4.69) is 5.32 Å². The highest BCUT2D eigenvalue weighted by Gasteiger charge is 2.74. The number of anilines is 1. The van der Waals surface area contributed by atoms with E-state index < -0.39 is 35.3 Å². The first-order chi connectivity index (χ1) is 13.8. The van der Waals surface area contributed by atoms with Crippen molar-refractivity contribution < 1.29 is 29.6 Å². The van der Waals surface area contributed by atoms with Gasteiger partial charge in [-0.05, 0) is 25.0 Å². The molecule has 0 saturated carbocycles. The second-order valence-corrected chi connectivity index (χ2v) is 8.32. The van der Waals surface area contributed by atoms with Crippen molar-refractivity contribution in [2.24, 2.45) is 11.8 Å². The molecular formula is C20H22ClN3O5. The number of halogens is 1. The molecule has 4 rings (SSSR count). The summed E-state index contributed by atoms with van der Waals surface area (Å²) in [6, 6.07) is 4.57. The van der Waals surface area contributed by atoms with Crippen LogP contribution < -0.4 is 15.7 Å². The second kappa shape index (κ2) is 7.11. The average molecular weight is 420 g/mol. The minimum Gasteiger partial charge on any atom is -0.550 e. The van der Waals surface area contributed by atoms with Crippen molar-refractivity contribution in [2.75, 3.05) is 11.9 Å². The topological polar surface area (TPSA) is 123 Å². The number of quaternary nitrogens is 1. The minimum atomic E-state index is -1.32. The number of hydrogen-bond donors (Lipinski definition) is 2. The zero-order valence-corrected chi connectivity index (χ0v) is 16.7. The van der Waals surface area contributed by atoms with Crippen LogP contribution in [0.4, 0.5) is 5.69 Å². The van der Waals surface area contributed by atoms with Crippen LogP contribution in [-0.2, 0) is 24.7 Å². The molecule has 8 nitrogen and oxygen atoms in total. The van der Waals surface area contributed by atoms with Gasteiger partial charge in [0, 0.05) is 24.5 Å². The lowest BCUT2D eigenvalue weighted by Crippen LogP contribution is -2.99. The monoisotopic (exact) mass is 419 g/mol. The Kier molecular flexibility index (Phi) is 4.86. The van der Waals surface area contributed by atoms with Crippen molar-refractivity contribution in [1.29, 1.82) is 0 Å². The van der Waals surface area contributed by atoms with Crippen molar-refractivity contribution in [2.45, 2.75) is 44.2 Å². The first kappa shape index (κ1) is 19.8. The van der Waals surface area contributed by atoms with Crippen LogP contribution in [-0.4, -0.2) is 41.2 Å². The molecule has 3 aliphatic heterocycles. The number of unbranched alkanes of at least 4 members (excludes halogenated alkanes) is 1. The van der Waals surface area contributed by atoms with Crippen molar-refractivity contribution >= 4 is 41.0 Å². The quantitative estimate of drug-likeness (QED) is 0.594. The number of amides is 3. The standard InChI is InChI=1S/C20H22ClN3O5/c1-2-3-9-24-17(27)14-12(7-8-13(25)26)23-20(15(14)18(24)28)10-5-4-6-11(21)16(10)22-19(20)29/h4-6,12,14-15,23H,2-3,7-9H2,1H3,(H,22,29)(H,25,26)/t12-,14-,15+,20+/m1/s1. The maximum absolute atomic E-state index is 13.3. The first-order valence-electron chi connectivity index (χ1n) is 9.84. The fraction of sp³-hybridized carbons (Fsp3) is 0.500. The van der Waals surface area contributed by atoms with Gasteiger partial charge in [-0.2, -0.15) is 0 Å². The van der Waals surface area contributed by atoms with Crippen LogP contribution in [0.15, 0.2) is 18.2 Å². The molecule has 4 atom stereocenters. The van der Waals surface area contributed by atoms with Gasteiger partial charge in [0.25, 0.3) is 5.91 Å². The number of imide groups is 1. The Morgan fingerprint density at radius 1 is 1.31 bits per heavy atom. The second-order valence-electron chi connectivity index (χ2n) is 7.91. The molecule has 0 unspecified atom stereocenters. The van der Waals surface area contributed by atoms with E-state index in [9.17, 15) is 24.3 Å². The Morgan fingerprint density at radius 3 is 2.76 bits per heavy atom. The molecule has 0 aromatic heterocycles. The molecule has 0 bridgehead atoms. The smallest absolute Gasteiger partial charge is 0.291 e. The van der Waals surface area contributed by atoms with E-state index in [0.717, 1.165) is 6.42 Å². The van der Waals surface area contributed by atoms with Gasteiger partial charge in [0.15, 0.2) is 0 Å². The highest BCUT2D eigenvalue weighted by Crippen LogP contribution is 2.50. The number of carboxylic acids is 1. The highest BCUT2D eigenvalue weighted by atomic mass is 35.5. The molecular weight excluding hydrogens is 398 g/mol. The van der Waals surface area contributed by atoms with Gasteiger partial charge in [-0.25, -0.2) is 0 Å². The van der Waals surface area contributed by atoms with E-state index in [-0.39, 0.29) is 24.7 Å². The molecule has 1 aromatic carbocycles. The molecule has 0 aliphatic carbocycles. The molecule has 3 N–H and O–H groups in total. The Morgan fingerprint density at radius 2 is 2.07 bits per heavy atom. The number of carboxylic acid groups (broad SMARTS) is 1. The lowest BCUT2D eigenvalue weighted by atomic mass is 9.76. The normalized spacial score (nSPS) is 30.1. The molecule has 2 fully saturated rings. The minimum absolute atomic E-state index is 0.134. The van der Waals surface area contributed by atoms with Gasteiger partial charge in [-0.1, -0.05) is 31.0 Å². The van der Waals surface area contributed by atoms with E-state index in [1.165, 1.54) is 4.90 Å². The number of nitrogens with one attached hydrogen (secondary N) is 1. The van der Waals surface area contributed by atoms with Crippen molar-refractivity contribution in [3.63, 3.8) is 0 Å². The van der Waals surface area contributed by atoms with Crippen LogP contribution in [0.25, 0.3) is 0 Å². The third-order valence-electron chi connectivity index (χ3n) is 6.36. The lowest BCUT2D eigenvalue weighted by molar-refractivity contribution is -0.734. The largest absolute Gasteiger partial charge is 0.550 e. The van der Waals surface area contributed by atoms with Gasteiger partial charge in [-0.3, -0.25) is 19.3 Å². The third kappa shape index (κ3) is 2.77. The van der Waals surface area contributed by atoms with E-state index in [1.807, 2.05) is 6.92 Å². The van der Waals surface area contributed by atoms with Gasteiger partial charge in [0.05, 0.1) is 10.7 Å². The summed E-state index contributed by atoms with van der Waals surface area (Å²) in [5.41, 5.74) is -0.309. The summed E-state index contributed by atoms with van der Waals surface area (Å²) in [6.45, 7) is 2.26. The number of nitrogens with zero attached hydrogens (tertiary/aromatic N) is 1. The summed E-state index contributed by atoms with van der Waals surface area (Å²) >= 11 is 6.26. The van der Waals surface area contributed by atoms with Crippen LogP contribution in [0, 0.1) is 11.8 Å². The SMILES string of the molecule is CCCCN1C(=O)[C@H]2[C@@H](C1=O)[C@]1([NH2+][C@@H]2CCC(=O)[O-])C(=O)Nc2c(Cl)cccc21. The van der Waals surface area contributed by atoms with Crippen LogP contribution >= 0.6 is 11.6 Å². The molecule has 0 radical (unpaired) electrons. The van der Waals surface area contributed by atoms with Crippen molar-refractivity contribution in [3.8, 4) is 0 Å². The molecule has 29 heavy (non-hydrogen) atoms. The molecule has 2 saturated heterocycles. The molecule has 154 valence electrons. The number of benzene rings is 1. The molecule has 1 aromatic rings. The first-order valence-corrected chi connectivity index (χ1v) is 10.2. The van der Waals surface area contributed by atoms with Crippen LogP contribution in [0.1, 0.15) is 38.2 Å². The van der Waals surface area contributed by atoms with Gasteiger partial charge < -0.3 is 20.5 Å². The Hall–Kier alpha value is -2.45. The predicted octanol–water partition coefficient (Wildman–Crippen LogP) is -0.636. The number of carbonyl (C=O) groups is 4. The van der Waals surface area contributed by atoms with Gasteiger partial charge in [0.1, 0.15) is 17.9 Å². The number of rotatable bonds is 6. The Balaban J connectivity index is 1.81. The zero-order chi connectivity index (χ0) is 20.9. The summed E-state index contributed by atoms with van der Waals surface area (Å²) in [5, 5.41) is 15.9. The predicted molar refractivity (Wildman–Crippen MR) is 100 cm³/mol. The van der Waals surface area contributed by atoms with Gasteiger partial charge in [-0.15, -0.1) is 0 Å². The fourth-order valence-electron chi connectivity index (χ4n) is 5.10. The van der Waals surface area contributed by atoms with E-state index in [0.29, 0.717) is 29.2 Å². The molecule has 1 spiro atoms. The summed E-state index contributed by atoms with van der Waals surface area (Å²) in [4.78, 5) is 52.0.